The number of ether oxygens (including phenoxy) is 1. The van der Waals surface area contributed by atoms with Gasteiger partial charge in [-0.15, -0.1) is 0 Å². The van der Waals surface area contributed by atoms with Gasteiger partial charge in [-0.25, -0.2) is 4.79 Å². The van der Waals surface area contributed by atoms with Gasteiger partial charge < -0.3 is 14.7 Å². The van der Waals surface area contributed by atoms with Crippen LogP contribution in [0.5, 0.6) is 0 Å². The van der Waals surface area contributed by atoms with Gasteiger partial charge in [-0.3, -0.25) is 0 Å². The second-order valence-corrected chi connectivity index (χ2v) is 2.32. The van der Waals surface area contributed by atoms with Gasteiger partial charge in [0.25, 0.3) is 0 Å². The van der Waals surface area contributed by atoms with Crippen LogP contribution < -0.4 is 0 Å². The minimum absolute atomic E-state index is 0.133. The summed E-state index contributed by atoms with van der Waals surface area (Å²) < 4.78 is 40.4. The van der Waals surface area contributed by atoms with Gasteiger partial charge in [-0.2, -0.15) is 13.2 Å². The zero-order valence-corrected chi connectivity index (χ0v) is 8.04. The van der Waals surface area contributed by atoms with Crippen molar-refractivity contribution in [1.82, 2.24) is 0 Å². The minimum atomic E-state index is -5.00. The second-order valence-electron chi connectivity index (χ2n) is 2.32. The molecule has 0 unspecified atom stereocenters. The summed E-state index contributed by atoms with van der Waals surface area (Å²) in [6.07, 6.45) is -8.01. The van der Waals surface area contributed by atoms with Crippen molar-refractivity contribution >= 4 is 11.7 Å². The van der Waals surface area contributed by atoms with Crippen LogP contribution in [0.2, 0.25) is 0 Å². The summed E-state index contributed by atoms with van der Waals surface area (Å²) in [5.41, 5.74) is -1.23. The molecule has 0 amide bonds. The molecule has 0 spiro atoms. The predicted molar refractivity (Wildman–Crippen MR) is 43.1 cm³/mol. The van der Waals surface area contributed by atoms with Gasteiger partial charge in [0.2, 0.25) is 11.8 Å². The van der Waals surface area contributed by atoms with E-state index in [9.17, 15) is 18.0 Å². The molecule has 1 atom stereocenters. The number of hydrogen-bond donors (Lipinski definition) is 1. The molecule has 0 bridgehead atoms. The Bertz CT molecular complexity index is 251. The Morgan fingerprint density at radius 1 is 1.53 bits per heavy atom. The van der Waals surface area contributed by atoms with Crippen LogP contribution in [-0.2, 0) is 14.4 Å². The van der Waals surface area contributed by atoms with Crippen LogP contribution in [0, 0.1) is 0 Å². The number of halogens is 3. The first kappa shape index (κ1) is 13.7. The van der Waals surface area contributed by atoms with Gasteiger partial charge >= 0.3 is 12.1 Å². The summed E-state index contributed by atoms with van der Waals surface area (Å²) in [6.45, 7) is 1.27. The third-order valence-corrected chi connectivity index (χ3v) is 1.24. The zero-order chi connectivity index (χ0) is 12.1. The standard InChI is InChI=1S/C7H10F3NO4/c1-3-15-6(13)4(11-14-2)5(12)7(8,9)10/h5,12H,3H2,1-2H3/b11-4-/t5-/m0/s1. The van der Waals surface area contributed by atoms with Crippen molar-refractivity contribution in [2.75, 3.05) is 13.7 Å². The van der Waals surface area contributed by atoms with Crippen molar-refractivity contribution in [3.63, 3.8) is 0 Å². The quantitative estimate of drug-likeness (QED) is 0.432. The molecule has 8 heteroatoms. The van der Waals surface area contributed by atoms with Crippen molar-refractivity contribution < 1.29 is 32.6 Å². The van der Waals surface area contributed by atoms with E-state index in [1.807, 2.05) is 0 Å². The van der Waals surface area contributed by atoms with Crippen molar-refractivity contribution in [3.8, 4) is 0 Å². The summed E-state index contributed by atoms with van der Waals surface area (Å²) in [7, 11) is 0.947. The van der Waals surface area contributed by atoms with Crippen LogP contribution in [0.4, 0.5) is 13.2 Å². The van der Waals surface area contributed by atoms with Gasteiger partial charge in [0.15, 0.2) is 0 Å². The molecule has 0 saturated carbocycles. The summed E-state index contributed by atoms with van der Waals surface area (Å²) >= 11 is 0. The van der Waals surface area contributed by atoms with Crippen LogP contribution in [0.15, 0.2) is 5.16 Å². The van der Waals surface area contributed by atoms with Crippen molar-refractivity contribution in [2.24, 2.45) is 5.16 Å². The number of esters is 1. The highest BCUT2D eigenvalue weighted by atomic mass is 19.4. The average Bonchev–Trinajstić information content (AvgIpc) is 2.12. The van der Waals surface area contributed by atoms with Gasteiger partial charge in [0.1, 0.15) is 7.11 Å². The first-order valence-corrected chi connectivity index (χ1v) is 3.87. The smallest absolute Gasteiger partial charge is 0.420 e. The lowest BCUT2D eigenvalue weighted by Gasteiger charge is -2.14. The van der Waals surface area contributed by atoms with E-state index in [2.05, 4.69) is 14.7 Å². The number of oxime groups is 1. The fraction of sp³-hybridized carbons (Fsp3) is 0.714. The Hall–Kier alpha value is -1.31. The maximum absolute atomic E-state index is 12.0. The number of carbonyl (C=O) groups is 1. The summed E-state index contributed by atoms with van der Waals surface area (Å²) in [4.78, 5) is 14.9. The third kappa shape index (κ3) is 4.15. The third-order valence-electron chi connectivity index (χ3n) is 1.24. The summed E-state index contributed by atoms with van der Waals surface area (Å²) in [6, 6.07) is 0. The Balaban J connectivity index is 4.83. The number of aliphatic hydroxyl groups excluding tert-OH is 1. The molecule has 0 aromatic rings. The lowest BCUT2D eigenvalue weighted by Crippen LogP contribution is -2.41. The molecular weight excluding hydrogens is 219 g/mol. The molecule has 0 radical (unpaired) electrons. The van der Waals surface area contributed by atoms with Crippen LogP contribution in [0.25, 0.3) is 0 Å². The molecule has 88 valence electrons. The molecule has 5 nitrogen and oxygen atoms in total. The zero-order valence-electron chi connectivity index (χ0n) is 8.04. The van der Waals surface area contributed by atoms with Crippen LogP contribution in [-0.4, -0.2) is 42.8 Å². The Kier molecular flexibility index (Phi) is 5.06. The van der Waals surface area contributed by atoms with Gasteiger partial charge in [0, 0.05) is 0 Å². The number of aliphatic hydroxyl groups is 1. The molecule has 0 saturated heterocycles. The highest BCUT2D eigenvalue weighted by molar-refractivity contribution is 6.38. The second kappa shape index (κ2) is 5.54. The molecule has 0 aromatic carbocycles. The molecule has 0 fully saturated rings. The van der Waals surface area contributed by atoms with E-state index in [0.29, 0.717) is 0 Å². The normalized spacial score (nSPS) is 14.7. The number of hydrogen-bond acceptors (Lipinski definition) is 5. The predicted octanol–water partition coefficient (Wildman–Crippen LogP) is 0.475. The molecule has 0 aliphatic heterocycles. The monoisotopic (exact) mass is 229 g/mol. The highest BCUT2D eigenvalue weighted by Crippen LogP contribution is 2.21. The lowest BCUT2D eigenvalue weighted by molar-refractivity contribution is -0.184. The van der Waals surface area contributed by atoms with Gasteiger partial charge in [-0.1, -0.05) is 5.16 Å². The van der Waals surface area contributed by atoms with E-state index in [1.165, 1.54) is 6.92 Å². The maximum Gasteiger partial charge on any atom is 0.420 e. The van der Waals surface area contributed by atoms with Gasteiger partial charge in [-0.05, 0) is 6.92 Å². The fourth-order valence-electron chi connectivity index (χ4n) is 0.657. The SMILES string of the molecule is CCOC(=O)/C(=N\OC)[C@H](O)C(F)(F)F. The van der Waals surface area contributed by atoms with E-state index in [4.69, 9.17) is 5.11 Å². The van der Waals surface area contributed by atoms with Crippen molar-refractivity contribution in [1.29, 1.82) is 0 Å². The van der Waals surface area contributed by atoms with Crippen LogP contribution >= 0.6 is 0 Å². The van der Waals surface area contributed by atoms with Crippen molar-refractivity contribution in [3.05, 3.63) is 0 Å². The average molecular weight is 229 g/mol. The molecule has 0 aliphatic carbocycles. The molecular formula is C7H10F3NO4. The van der Waals surface area contributed by atoms with E-state index >= 15 is 0 Å². The fourth-order valence-corrected chi connectivity index (χ4v) is 0.657. The molecule has 1 N–H and O–H groups in total. The van der Waals surface area contributed by atoms with Crippen molar-refractivity contribution in [2.45, 2.75) is 19.2 Å². The molecule has 0 heterocycles. The number of alkyl halides is 3. The van der Waals surface area contributed by atoms with E-state index in [-0.39, 0.29) is 6.61 Å². The van der Waals surface area contributed by atoms with Gasteiger partial charge in [0.05, 0.1) is 6.61 Å². The summed E-state index contributed by atoms with van der Waals surface area (Å²) in [5, 5.41) is 11.5. The highest BCUT2D eigenvalue weighted by Gasteiger charge is 2.45. The molecule has 15 heavy (non-hydrogen) atoms. The van der Waals surface area contributed by atoms with Crippen LogP contribution in [0.3, 0.4) is 0 Å². The summed E-state index contributed by atoms with van der Waals surface area (Å²) in [5.74, 6) is -1.37. The van der Waals surface area contributed by atoms with E-state index in [0.717, 1.165) is 7.11 Å². The van der Waals surface area contributed by atoms with E-state index < -0.39 is 24.0 Å². The molecule has 0 aliphatic rings. The first-order valence-electron chi connectivity index (χ1n) is 3.87. The first-order chi connectivity index (χ1) is 6.84. The largest absolute Gasteiger partial charge is 0.461 e. The Morgan fingerprint density at radius 3 is 2.40 bits per heavy atom. The Labute approximate surface area is 83.5 Å². The van der Waals surface area contributed by atoms with E-state index in [1.54, 1.807) is 0 Å². The Morgan fingerprint density at radius 2 is 2.07 bits per heavy atom. The number of nitrogens with zero attached hydrogens (tertiary/aromatic N) is 1. The molecule has 0 aromatic heterocycles. The number of rotatable bonds is 4. The maximum atomic E-state index is 12.0. The number of carbonyl (C=O) groups excluding carboxylic acids is 1. The minimum Gasteiger partial charge on any atom is -0.461 e. The molecule has 0 rings (SSSR count). The lowest BCUT2D eigenvalue weighted by atomic mass is 10.2. The van der Waals surface area contributed by atoms with Crippen LogP contribution in [0.1, 0.15) is 6.92 Å². The topological polar surface area (TPSA) is 68.1 Å².